The summed E-state index contributed by atoms with van der Waals surface area (Å²) in [7, 11) is -4.32. The summed E-state index contributed by atoms with van der Waals surface area (Å²) in [5, 5.41) is 2.48. The molecule has 0 radical (unpaired) electrons. The van der Waals surface area contributed by atoms with Crippen LogP contribution in [0.1, 0.15) is 45.4 Å². The van der Waals surface area contributed by atoms with Crippen LogP contribution in [0.5, 0.6) is 0 Å². The molecule has 0 saturated carbocycles. The van der Waals surface area contributed by atoms with Gasteiger partial charge < -0.3 is 9.87 Å². The van der Waals surface area contributed by atoms with Gasteiger partial charge in [0.15, 0.2) is 0 Å². The zero-order chi connectivity index (χ0) is 14.0. The number of hydrogen-bond acceptors (Lipinski definition) is 4. The summed E-state index contributed by atoms with van der Waals surface area (Å²) >= 11 is 0. The normalized spacial score (nSPS) is 12.3. The van der Waals surface area contributed by atoms with Crippen molar-refractivity contribution < 1.29 is 47.3 Å². The average molecular weight is 299 g/mol. The molecular weight excluding hydrogens is 277 g/mol. The minimum absolute atomic E-state index is 0. The van der Waals surface area contributed by atoms with Gasteiger partial charge >= 0.3 is 29.6 Å². The topological polar surface area (TPSA) is 86.3 Å². The monoisotopic (exact) mass is 299 g/mol. The molecular formula is C12H22NNaO4S. The van der Waals surface area contributed by atoms with Gasteiger partial charge in [0.25, 0.3) is 0 Å². The van der Waals surface area contributed by atoms with Gasteiger partial charge in [0.1, 0.15) is 0 Å². The van der Waals surface area contributed by atoms with Crippen molar-refractivity contribution in [2.45, 2.75) is 51.5 Å². The Bertz CT molecular complexity index is 357. The molecule has 0 aliphatic heterocycles. The zero-order valence-electron chi connectivity index (χ0n) is 11.9. The van der Waals surface area contributed by atoms with Crippen LogP contribution in [0.15, 0.2) is 12.7 Å². The van der Waals surface area contributed by atoms with Gasteiger partial charge in [0, 0.05) is 6.04 Å². The minimum atomic E-state index is -4.32. The van der Waals surface area contributed by atoms with E-state index < -0.39 is 27.8 Å². The van der Waals surface area contributed by atoms with Crippen LogP contribution >= 0.6 is 0 Å². The molecule has 0 bridgehead atoms. The van der Waals surface area contributed by atoms with Crippen molar-refractivity contribution in [2.75, 3.05) is 5.75 Å². The molecule has 0 fully saturated rings. The largest absolute Gasteiger partial charge is 1.00 e. The van der Waals surface area contributed by atoms with Crippen molar-refractivity contribution in [1.82, 2.24) is 5.32 Å². The molecule has 0 aliphatic rings. The minimum Gasteiger partial charge on any atom is -0.748 e. The van der Waals surface area contributed by atoms with E-state index in [0.29, 0.717) is 6.42 Å². The zero-order valence-corrected chi connectivity index (χ0v) is 14.7. The molecule has 0 saturated heterocycles. The standard InChI is InChI=1S/C12H23NO4S.Na/c1-3-5-6-7-8-9-11(10-18(15,16)17)13-12(14)4-2;/h4,11H,2-3,5-10H2,1H3,(H,13,14)(H,15,16,17);/q;+1/p-1. The Balaban J connectivity index is 0. The van der Waals surface area contributed by atoms with E-state index in [1.54, 1.807) is 0 Å². The molecule has 0 aromatic carbocycles. The number of hydrogen-bond donors (Lipinski definition) is 1. The molecule has 106 valence electrons. The summed E-state index contributed by atoms with van der Waals surface area (Å²) in [5.41, 5.74) is 0. The molecule has 19 heavy (non-hydrogen) atoms. The third-order valence-electron chi connectivity index (χ3n) is 2.59. The summed E-state index contributed by atoms with van der Waals surface area (Å²) < 4.78 is 32.1. The summed E-state index contributed by atoms with van der Waals surface area (Å²) in [4.78, 5) is 11.1. The SMILES string of the molecule is C=CC(=O)NC(CCCCCCC)CS(=O)(=O)[O-].[Na+]. The number of carbonyl (C=O) groups is 1. The van der Waals surface area contributed by atoms with Gasteiger partial charge in [0.2, 0.25) is 5.91 Å². The molecule has 0 aromatic rings. The maximum Gasteiger partial charge on any atom is 1.00 e. The second kappa shape index (κ2) is 11.9. The van der Waals surface area contributed by atoms with Crippen LogP contribution in [-0.4, -0.2) is 30.7 Å². The first-order valence-electron chi connectivity index (χ1n) is 6.25. The van der Waals surface area contributed by atoms with Gasteiger partial charge in [-0.05, 0) is 12.5 Å². The quantitative estimate of drug-likeness (QED) is 0.232. The molecule has 7 heteroatoms. The molecule has 1 unspecified atom stereocenters. The molecule has 5 nitrogen and oxygen atoms in total. The fourth-order valence-electron chi connectivity index (χ4n) is 1.70. The van der Waals surface area contributed by atoms with E-state index in [9.17, 15) is 17.8 Å². The second-order valence-electron chi connectivity index (χ2n) is 4.34. The van der Waals surface area contributed by atoms with E-state index in [1.165, 1.54) is 0 Å². The Labute approximate surface area is 138 Å². The average Bonchev–Trinajstić information content (AvgIpc) is 2.26. The summed E-state index contributed by atoms with van der Waals surface area (Å²) in [6.45, 7) is 5.40. The van der Waals surface area contributed by atoms with E-state index in [-0.39, 0.29) is 29.6 Å². The fourth-order valence-corrected chi connectivity index (χ4v) is 2.44. The van der Waals surface area contributed by atoms with Gasteiger partial charge in [-0.15, -0.1) is 0 Å². The summed E-state index contributed by atoms with van der Waals surface area (Å²) in [6.07, 6.45) is 6.72. The number of carbonyl (C=O) groups excluding carboxylic acids is 1. The molecule has 0 aliphatic carbocycles. The van der Waals surface area contributed by atoms with Gasteiger partial charge in [-0.25, -0.2) is 8.42 Å². The molecule has 0 heterocycles. The van der Waals surface area contributed by atoms with E-state index in [4.69, 9.17) is 0 Å². The van der Waals surface area contributed by atoms with Crippen molar-refractivity contribution in [3.63, 3.8) is 0 Å². The Kier molecular flexibility index (Phi) is 13.4. The van der Waals surface area contributed by atoms with Crippen LogP contribution < -0.4 is 34.9 Å². The van der Waals surface area contributed by atoms with Crippen LogP contribution in [0.4, 0.5) is 0 Å². The van der Waals surface area contributed by atoms with Gasteiger partial charge in [-0.1, -0.05) is 45.6 Å². The Morgan fingerprint density at radius 2 is 1.89 bits per heavy atom. The van der Waals surface area contributed by atoms with Crippen LogP contribution in [0.3, 0.4) is 0 Å². The summed E-state index contributed by atoms with van der Waals surface area (Å²) in [5.74, 6) is -1.00. The first-order chi connectivity index (χ1) is 8.39. The number of nitrogens with one attached hydrogen (secondary N) is 1. The van der Waals surface area contributed by atoms with E-state index in [0.717, 1.165) is 38.2 Å². The number of rotatable bonds is 10. The van der Waals surface area contributed by atoms with Crippen molar-refractivity contribution in [3.8, 4) is 0 Å². The summed E-state index contributed by atoms with van der Waals surface area (Å²) in [6, 6.07) is -0.611. The third-order valence-corrected chi connectivity index (χ3v) is 3.40. The smallest absolute Gasteiger partial charge is 0.748 e. The van der Waals surface area contributed by atoms with Crippen LogP contribution in [0, 0.1) is 0 Å². The second-order valence-corrected chi connectivity index (χ2v) is 5.79. The van der Waals surface area contributed by atoms with Gasteiger partial charge in [-0.3, -0.25) is 4.79 Å². The molecule has 1 amide bonds. The first kappa shape index (κ1) is 21.4. The number of unbranched alkanes of at least 4 members (excludes halogenated alkanes) is 4. The van der Waals surface area contributed by atoms with E-state index >= 15 is 0 Å². The Morgan fingerprint density at radius 1 is 1.32 bits per heavy atom. The third kappa shape index (κ3) is 14.3. The first-order valence-corrected chi connectivity index (χ1v) is 7.83. The molecule has 0 aromatic heterocycles. The van der Waals surface area contributed by atoms with Crippen LogP contribution in [-0.2, 0) is 14.9 Å². The predicted molar refractivity (Wildman–Crippen MR) is 70.1 cm³/mol. The Hall–Kier alpha value is 0.120. The van der Waals surface area contributed by atoms with Crippen molar-refractivity contribution in [1.29, 1.82) is 0 Å². The van der Waals surface area contributed by atoms with Gasteiger partial charge in [-0.2, -0.15) is 0 Å². The number of amides is 1. The predicted octanol–water partition coefficient (Wildman–Crippen LogP) is -1.43. The molecule has 0 spiro atoms. The van der Waals surface area contributed by atoms with E-state index in [1.807, 2.05) is 0 Å². The fraction of sp³-hybridized carbons (Fsp3) is 0.750. The van der Waals surface area contributed by atoms with Crippen molar-refractivity contribution in [3.05, 3.63) is 12.7 Å². The van der Waals surface area contributed by atoms with E-state index in [2.05, 4.69) is 18.8 Å². The maximum atomic E-state index is 11.1. The van der Waals surface area contributed by atoms with Gasteiger partial charge in [0.05, 0.1) is 15.9 Å². The molecule has 1 atom stereocenters. The Morgan fingerprint density at radius 3 is 2.37 bits per heavy atom. The maximum absolute atomic E-state index is 11.1. The molecule has 0 rings (SSSR count). The molecule has 1 N–H and O–H groups in total. The van der Waals surface area contributed by atoms with Crippen molar-refractivity contribution >= 4 is 16.0 Å². The van der Waals surface area contributed by atoms with Crippen LogP contribution in [0.25, 0.3) is 0 Å². The van der Waals surface area contributed by atoms with Crippen molar-refractivity contribution in [2.24, 2.45) is 0 Å². The van der Waals surface area contributed by atoms with Crippen LogP contribution in [0.2, 0.25) is 0 Å².